The van der Waals surface area contributed by atoms with Gasteiger partial charge < -0.3 is 5.11 Å². The van der Waals surface area contributed by atoms with Crippen LogP contribution in [0.3, 0.4) is 0 Å². The third-order valence-electron chi connectivity index (χ3n) is 4.01. The maximum absolute atomic E-state index is 12.2. The molecule has 1 saturated carbocycles. The van der Waals surface area contributed by atoms with E-state index >= 15 is 0 Å². The zero-order chi connectivity index (χ0) is 12.9. The van der Waals surface area contributed by atoms with E-state index in [0.717, 1.165) is 12.8 Å². The van der Waals surface area contributed by atoms with Crippen molar-refractivity contribution in [3.05, 3.63) is 23.8 Å². The lowest BCUT2D eigenvalue weighted by Gasteiger charge is -2.29. The summed E-state index contributed by atoms with van der Waals surface area (Å²) in [7, 11) is 0. The van der Waals surface area contributed by atoms with E-state index < -0.39 is 0 Å². The minimum atomic E-state index is -0.0844. The number of hydrogen-bond donors (Lipinski definition) is 1. The van der Waals surface area contributed by atoms with Crippen LogP contribution in [0.5, 0.6) is 5.75 Å². The minimum Gasteiger partial charge on any atom is -0.508 e. The molecule has 1 aromatic carbocycles. The number of imide groups is 1. The van der Waals surface area contributed by atoms with Crippen LogP contribution in [0, 0.1) is 18.8 Å². The Kier molecular flexibility index (Phi) is 2.40. The van der Waals surface area contributed by atoms with Crippen LogP contribution < -0.4 is 4.90 Å². The Morgan fingerprint density at radius 2 is 1.78 bits per heavy atom. The molecule has 4 nitrogen and oxygen atoms in total. The lowest BCUT2D eigenvalue weighted by atomic mass is 9.96. The van der Waals surface area contributed by atoms with E-state index in [2.05, 4.69) is 0 Å². The minimum absolute atomic E-state index is 0.00168. The first-order valence-electron chi connectivity index (χ1n) is 6.25. The Morgan fingerprint density at radius 1 is 1.17 bits per heavy atom. The maximum Gasteiger partial charge on any atom is 0.236 e. The van der Waals surface area contributed by atoms with Gasteiger partial charge in [0.2, 0.25) is 11.8 Å². The average molecular weight is 245 g/mol. The number of benzene rings is 1. The summed E-state index contributed by atoms with van der Waals surface area (Å²) in [5.41, 5.74) is 1.25. The Labute approximate surface area is 105 Å². The number of hydrogen-bond acceptors (Lipinski definition) is 3. The number of amides is 2. The Balaban J connectivity index is 2.02. The fourth-order valence-electron chi connectivity index (χ4n) is 2.94. The van der Waals surface area contributed by atoms with E-state index in [4.69, 9.17) is 0 Å². The zero-order valence-electron chi connectivity index (χ0n) is 10.2. The van der Waals surface area contributed by atoms with Crippen LogP contribution in [0.15, 0.2) is 18.2 Å². The molecule has 1 aliphatic carbocycles. The van der Waals surface area contributed by atoms with Gasteiger partial charge in [-0.1, -0.05) is 0 Å². The van der Waals surface area contributed by atoms with Crippen LogP contribution >= 0.6 is 0 Å². The largest absolute Gasteiger partial charge is 0.508 e. The second kappa shape index (κ2) is 3.83. The molecule has 18 heavy (non-hydrogen) atoms. The summed E-state index contributed by atoms with van der Waals surface area (Å²) in [6.07, 6.45) is 2.36. The summed E-state index contributed by atoms with van der Waals surface area (Å²) in [5.74, 6) is 0.0138. The molecule has 2 unspecified atom stereocenters. The molecule has 0 aromatic heterocycles. The molecule has 2 aliphatic rings. The van der Waals surface area contributed by atoms with Crippen molar-refractivity contribution in [1.29, 1.82) is 0 Å². The maximum atomic E-state index is 12.2. The molecule has 2 fully saturated rings. The molecule has 1 aliphatic heterocycles. The molecular weight excluding hydrogens is 230 g/mol. The number of aryl methyl sites for hydroxylation is 1. The highest BCUT2D eigenvalue weighted by atomic mass is 16.3. The molecule has 3 rings (SSSR count). The van der Waals surface area contributed by atoms with Crippen molar-refractivity contribution in [2.45, 2.75) is 26.2 Å². The van der Waals surface area contributed by atoms with E-state index in [-0.39, 0.29) is 29.4 Å². The van der Waals surface area contributed by atoms with Crippen molar-refractivity contribution < 1.29 is 14.7 Å². The first-order chi connectivity index (χ1) is 8.58. The number of rotatable bonds is 1. The molecule has 0 spiro atoms. The smallest absolute Gasteiger partial charge is 0.236 e. The van der Waals surface area contributed by atoms with Gasteiger partial charge in [0.15, 0.2) is 0 Å². The van der Waals surface area contributed by atoms with E-state index in [0.29, 0.717) is 17.7 Å². The van der Waals surface area contributed by atoms with Crippen molar-refractivity contribution in [3.8, 4) is 5.75 Å². The monoisotopic (exact) mass is 245 g/mol. The lowest BCUT2D eigenvalue weighted by Crippen LogP contribution is -2.46. The van der Waals surface area contributed by atoms with Gasteiger partial charge in [0.1, 0.15) is 5.75 Å². The van der Waals surface area contributed by atoms with Crippen LogP contribution in [0.25, 0.3) is 0 Å². The van der Waals surface area contributed by atoms with Crippen molar-refractivity contribution in [3.63, 3.8) is 0 Å². The third kappa shape index (κ3) is 1.52. The number of nitrogens with zero attached hydrogens (tertiary/aromatic N) is 1. The quantitative estimate of drug-likeness (QED) is 0.770. The highest BCUT2D eigenvalue weighted by molar-refractivity contribution is 6.18. The Morgan fingerprint density at radius 3 is 2.33 bits per heavy atom. The molecule has 2 atom stereocenters. The number of aromatic hydroxyl groups is 1. The van der Waals surface area contributed by atoms with Crippen LogP contribution in [0.1, 0.15) is 24.8 Å². The number of carbonyl (C=O) groups excluding carboxylic acids is 2. The van der Waals surface area contributed by atoms with E-state index in [1.165, 1.54) is 11.0 Å². The van der Waals surface area contributed by atoms with Gasteiger partial charge in [0, 0.05) is 11.8 Å². The van der Waals surface area contributed by atoms with Crippen LogP contribution in [-0.2, 0) is 9.59 Å². The molecule has 1 aromatic rings. The van der Waals surface area contributed by atoms with Crippen molar-refractivity contribution in [2.75, 3.05) is 4.90 Å². The van der Waals surface area contributed by atoms with Gasteiger partial charge in [0.05, 0.1) is 5.69 Å². The molecule has 1 N–H and O–H groups in total. The highest BCUT2D eigenvalue weighted by Gasteiger charge is 2.45. The van der Waals surface area contributed by atoms with Gasteiger partial charge in [-0.15, -0.1) is 0 Å². The summed E-state index contributed by atoms with van der Waals surface area (Å²) in [6, 6.07) is 4.85. The van der Waals surface area contributed by atoms with Crippen molar-refractivity contribution in [1.82, 2.24) is 0 Å². The van der Waals surface area contributed by atoms with Gasteiger partial charge in [0.25, 0.3) is 0 Å². The molecule has 1 heterocycles. The highest BCUT2D eigenvalue weighted by Crippen LogP contribution is 2.40. The fraction of sp³-hybridized carbons (Fsp3) is 0.429. The first-order valence-corrected chi connectivity index (χ1v) is 6.25. The molecule has 94 valence electrons. The molecule has 2 bridgehead atoms. The predicted octanol–water partition coefficient (Wildman–Crippen LogP) is 1.99. The topological polar surface area (TPSA) is 57.6 Å². The van der Waals surface area contributed by atoms with Gasteiger partial charge >= 0.3 is 0 Å². The van der Waals surface area contributed by atoms with E-state index in [1.54, 1.807) is 19.1 Å². The summed E-state index contributed by atoms with van der Waals surface area (Å²) in [4.78, 5) is 25.8. The number of phenolic OH excluding ortho intramolecular Hbond substituents is 1. The second-order valence-corrected chi connectivity index (χ2v) is 5.19. The number of phenols is 1. The average Bonchev–Trinajstić information content (AvgIpc) is 2.78. The number of carbonyl (C=O) groups is 2. The van der Waals surface area contributed by atoms with Gasteiger partial charge in [-0.05, 0) is 49.9 Å². The predicted molar refractivity (Wildman–Crippen MR) is 66.2 cm³/mol. The lowest BCUT2D eigenvalue weighted by molar-refractivity contribution is -0.132. The normalized spacial score (nSPS) is 26.8. The van der Waals surface area contributed by atoms with Gasteiger partial charge in [-0.3, -0.25) is 14.5 Å². The van der Waals surface area contributed by atoms with Crippen molar-refractivity contribution >= 4 is 17.5 Å². The molecule has 4 heteroatoms. The molecule has 0 radical (unpaired) electrons. The number of piperidine rings is 1. The SMILES string of the molecule is Cc1cc(N2C(=O)C3CCC(C3)C2=O)ccc1O. The summed E-state index contributed by atoms with van der Waals surface area (Å²) in [5, 5.41) is 9.50. The second-order valence-electron chi connectivity index (χ2n) is 5.19. The summed E-state index contributed by atoms with van der Waals surface area (Å²) >= 11 is 0. The zero-order valence-corrected chi connectivity index (χ0v) is 10.2. The standard InChI is InChI=1S/C14H15NO3/c1-8-6-11(4-5-12(8)16)15-13(17)9-2-3-10(7-9)14(15)18/h4-6,9-10,16H,2-3,7H2,1H3. The van der Waals surface area contributed by atoms with Gasteiger partial charge in [-0.25, -0.2) is 0 Å². The Hall–Kier alpha value is -1.84. The fourth-order valence-corrected chi connectivity index (χ4v) is 2.94. The summed E-state index contributed by atoms with van der Waals surface area (Å²) < 4.78 is 0. The van der Waals surface area contributed by atoms with E-state index in [1.807, 2.05) is 0 Å². The van der Waals surface area contributed by atoms with E-state index in [9.17, 15) is 14.7 Å². The molecular formula is C14H15NO3. The first kappa shape index (κ1) is 11.3. The van der Waals surface area contributed by atoms with Crippen LogP contribution in [0.2, 0.25) is 0 Å². The summed E-state index contributed by atoms with van der Waals surface area (Å²) in [6.45, 7) is 1.76. The molecule has 2 amide bonds. The van der Waals surface area contributed by atoms with Crippen molar-refractivity contribution in [2.24, 2.45) is 11.8 Å². The van der Waals surface area contributed by atoms with Crippen LogP contribution in [-0.4, -0.2) is 16.9 Å². The number of fused-ring (bicyclic) bond motifs is 2. The third-order valence-corrected chi connectivity index (χ3v) is 4.01. The van der Waals surface area contributed by atoms with Gasteiger partial charge in [-0.2, -0.15) is 0 Å². The molecule has 1 saturated heterocycles. The van der Waals surface area contributed by atoms with Crippen LogP contribution in [0.4, 0.5) is 5.69 Å². The number of anilines is 1. The Bertz CT molecular complexity index is 516.